The van der Waals surface area contributed by atoms with Gasteiger partial charge in [0.15, 0.2) is 0 Å². The van der Waals surface area contributed by atoms with E-state index in [9.17, 15) is 9.59 Å². The van der Waals surface area contributed by atoms with Crippen LogP contribution in [0.15, 0.2) is 35.5 Å². The average molecular weight is 372 g/mol. The molecule has 1 saturated carbocycles. The van der Waals surface area contributed by atoms with Crippen LogP contribution in [-0.2, 0) is 9.53 Å². The van der Waals surface area contributed by atoms with Crippen molar-refractivity contribution < 1.29 is 19.1 Å². The van der Waals surface area contributed by atoms with E-state index in [1.165, 1.54) is 12.8 Å². The van der Waals surface area contributed by atoms with E-state index in [4.69, 9.17) is 9.47 Å². The second kappa shape index (κ2) is 8.46. The van der Waals surface area contributed by atoms with Crippen LogP contribution < -0.4 is 15.4 Å². The third kappa shape index (κ3) is 4.43. The smallest absolute Gasteiger partial charge is 0.338 e. The molecule has 1 aromatic carbocycles. The van der Waals surface area contributed by atoms with E-state index in [2.05, 4.69) is 10.6 Å². The molecule has 1 heterocycles. The lowest BCUT2D eigenvalue weighted by Gasteiger charge is -2.31. The number of allylic oxidation sites excluding steroid dienone is 1. The molecule has 1 aliphatic carbocycles. The number of amides is 2. The van der Waals surface area contributed by atoms with Gasteiger partial charge < -0.3 is 20.1 Å². The minimum atomic E-state index is -0.546. The molecule has 1 fully saturated rings. The summed E-state index contributed by atoms with van der Waals surface area (Å²) in [5.74, 6) is 0.393. The molecule has 0 bridgehead atoms. The number of esters is 1. The SMILES string of the molecule is CCOC(=O)C1=C(C(C)C)NC(=O)NC1c1ccc(OC2CCCC2)cc1. The van der Waals surface area contributed by atoms with Gasteiger partial charge in [-0.05, 0) is 56.2 Å². The maximum absolute atomic E-state index is 12.6. The number of benzene rings is 1. The lowest BCUT2D eigenvalue weighted by atomic mass is 9.91. The van der Waals surface area contributed by atoms with Crippen molar-refractivity contribution in [3.8, 4) is 5.75 Å². The lowest BCUT2D eigenvalue weighted by Crippen LogP contribution is -2.47. The highest BCUT2D eigenvalue weighted by Crippen LogP contribution is 2.32. The summed E-state index contributed by atoms with van der Waals surface area (Å²) >= 11 is 0. The van der Waals surface area contributed by atoms with Gasteiger partial charge in [0.25, 0.3) is 0 Å². The Morgan fingerprint density at radius 2 is 1.85 bits per heavy atom. The molecule has 6 heteroatoms. The first kappa shape index (κ1) is 19.3. The molecule has 146 valence electrons. The van der Waals surface area contributed by atoms with Gasteiger partial charge in [-0.25, -0.2) is 9.59 Å². The molecule has 1 unspecified atom stereocenters. The molecule has 2 aliphatic rings. The molecule has 1 atom stereocenters. The molecule has 1 aliphatic heterocycles. The summed E-state index contributed by atoms with van der Waals surface area (Å²) in [6.07, 6.45) is 4.92. The number of ether oxygens (including phenoxy) is 2. The highest BCUT2D eigenvalue weighted by atomic mass is 16.5. The first-order valence-electron chi connectivity index (χ1n) is 9.75. The molecule has 27 heavy (non-hydrogen) atoms. The summed E-state index contributed by atoms with van der Waals surface area (Å²) in [6.45, 7) is 5.93. The van der Waals surface area contributed by atoms with Crippen molar-refractivity contribution in [2.24, 2.45) is 5.92 Å². The topological polar surface area (TPSA) is 76.7 Å². The predicted octanol–water partition coefficient (Wildman–Crippen LogP) is 3.84. The van der Waals surface area contributed by atoms with Crippen LogP contribution in [0.2, 0.25) is 0 Å². The number of carbonyl (C=O) groups excluding carboxylic acids is 2. The van der Waals surface area contributed by atoms with Crippen LogP contribution in [-0.4, -0.2) is 24.7 Å². The van der Waals surface area contributed by atoms with E-state index in [1.807, 2.05) is 38.1 Å². The summed E-state index contributed by atoms with van der Waals surface area (Å²) in [6, 6.07) is 6.74. The fourth-order valence-corrected chi connectivity index (χ4v) is 3.66. The van der Waals surface area contributed by atoms with Gasteiger partial charge in [-0.1, -0.05) is 26.0 Å². The van der Waals surface area contributed by atoms with Crippen LogP contribution in [0.1, 0.15) is 58.1 Å². The zero-order valence-corrected chi connectivity index (χ0v) is 16.2. The minimum Gasteiger partial charge on any atom is -0.490 e. The van der Waals surface area contributed by atoms with E-state index in [1.54, 1.807) is 6.92 Å². The van der Waals surface area contributed by atoms with Gasteiger partial charge in [0.05, 0.1) is 24.3 Å². The molecule has 0 aromatic heterocycles. The van der Waals surface area contributed by atoms with E-state index in [-0.39, 0.29) is 24.7 Å². The molecule has 2 amide bonds. The Hall–Kier alpha value is -2.50. The summed E-state index contributed by atoms with van der Waals surface area (Å²) in [5, 5.41) is 5.62. The fraction of sp³-hybridized carbons (Fsp3) is 0.524. The highest BCUT2D eigenvalue weighted by molar-refractivity contribution is 5.95. The number of urea groups is 1. The molecule has 0 radical (unpaired) electrons. The van der Waals surface area contributed by atoms with Gasteiger partial charge in [-0.3, -0.25) is 0 Å². The summed E-state index contributed by atoms with van der Waals surface area (Å²) in [5.41, 5.74) is 1.88. The number of carbonyl (C=O) groups is 2. The first-order valence-corrected chi connectivity index (χ1v) is 9.75. The maximum atomic E-state index is 12.6. The van der Waals surface area contributed by atoms with Crippen molar-refractivity contribution in [1.82, 2.24) is 10.6 Å². The standard InChI is InChI=1S/C21H28N2O4/c1-4-26-20(24)17-18(13(2)3)22-21(25)23-19(17)14-9-11-16(12-10-14)27-15-7-5-6-8-15/h9-13,15,19H,4-8H2,1-3H3,(H2,22,23,25). The number of hydrogen-bond donors (Lipinski definition) is 2. The number of rotatable bonds is 6. The van der Waals surface area contributed by atoms with Crippen LogP contribution in [0.4, 0.5) is 4.79 Å². The van der Waals surface area contributed by atoms with Crippen molar-refractivity contribution in [2.45, 2.75) is 58.6 Å². The fourth-order valence-electron chi connectivity index (χ4n) is 3.66. The normalized spacial score (nSPS) is 20.4. The van der Waals surface area contributed by atoms with E-state index < -0.39 is 12.0 Å². The van der Waals surface area contributed by atoms with Crippen LogP contribution in [0.5, 0.6) is 5.75 Å². The molecular formula is C21H28N2O4. The molecule has 0 spiro atoms. The molecule has 1 aromatic rings. The van der Waals surface area contributed by atoms with Gasteiger partial charge in [-0.2, -0.15) is 0 Å². The highest BCUT2D eigenvalue weighted by Gasteiger charge is 2.34. The number of hydrogen-bond acceptors (Lipinski definition) is 4. The van der Waals surface area contributed by atoms with Crippen molar-refractivity contribution >= 4 is 12.0 Å². The van der Waals surface area contributed by atoms with Crippen LogP contribution in [0.25, 0.3) is 0 Å². The van der Waals surface area contributed by atoms with Gasteiger partial charge in [0.2, 0.25) is 0 Å². The molecule has 2 N–H and O–H groups in total. The number of nitrogens with one attached hydrogen (secondary N) is 2. The Kier molecular flexibility index (Phi) is 6.04. The Balaban J connectivity index is 1.88. The molecule has 0 saturated heterocycles. The minimum absolute atomic E-state index is 0.0112. The zero-order valence-electron chi connectivity index (χ0n) is 16.2. The lowest BCUT2D eigenvalue weighted by molar-refractivity contribution is -0.139. The van der Waals surface area contributed by atoms with Crippen molar-refractivity contribution in [1.29, 1.82) is 0 Å². The van der Waals surface area contributed by atoms with Crippen molar-refractivity contribution in [3.05, 3.63) is 41.1 Å². The molecule has 3 rings (SSSR count). The van der Waals surface area contributed by atoms with Crippen LogP contribution >= 0.6 is 0 Å². The Morgan fingerprint density at radius 3 is 2.44 bits per heavy atom. The Labute approximate surface area is 160 Å². The summed E-state index contributed by atoms with van der Waals surface area (Å²) in [4.78, 5) is 24.8. The molecule has 6 nitrogen and oxygen atoms in total. The van der Waals surface area contributed by atoms with Crippen molar-refractivity contribution in [2.75, 3.05) is 6.61 Å². The maximum Gasteiger partial charge on any atom is 0.338 e. The Morgan fingerprint density at radius 1 is 1.19 bits per heavy atom. The summed E-state index contributed by atoms with van der Waals surface area (Å²) < 4.78 is 11.3. The quantitative estimate of drug-likeness (QED) is 0.744. The predicted molar refractivity (Wildman–Crippen MR) is 102 cm³/mol. The largest absolute Gasteiger partial charge is 0.490 e. The zero-order chi connectivity index (χ0) is 19.4. The van der Waals surface area contributed by atoms with E-state index >= 15 is 0 Å². The van der Waals surface area contributed by atoms with E-state index in [0.717, 1.165) is 24.2 Å². The Bertz CT molecular complexity index is 718. The third-order valence-electron chi connectivity index (χ3n) is 4.99. The van der Waals surface area contributed by atoms with Gasteiger partial charge in [-0.15, -0.1) is 0 Å². The van der Waals surface area contributed by atoms with Gasteiger partial charge in [0, 0.05) is 5.70 Å². The van der Waals surface area contributed by atoms with Crippen LogP contribution in [0, 0.1) is 5.92 Å². The average Bonchev–Trinajstić information content (AvgIpc) is 3.14. The monoisotopic (exact) mass is 372 g/mol. The van der Waals surface area contributed by atoms with Crippen LogP contribution in [0.3, 0.4) is 0 Å². The second-order valence-corrected chi connectivity index (χ2v) is 7.33. The van der Waals surface area contributed by atoms with Gasteiger partial charge >= 0.3 is 12.0 Å². The molecular weight excluding hydrogens is 344 g/mol. The van der Waals surface area contributed by atoms with Crippen molar-refractivity contribution in [3.63, 3.8) is 0 Å². The second-order valence-electron chi connectivity index (χ2n) is 7.33. The van der Waals surface area contributed by atoms with Gasteiger partial charge in [0.1, 0.15) is 5.75 Å². The first-order chi connectivity index (χ1) is 13.0. The summed E-state index contributed by atoms with van der Waals surface area (Å²) in [7, 11) is 0. The van der Waals surface area contributed by atoms with E-state index in [0.29, 0.717) is 11.3 Å². The third-order valence-corrected chi connectivity index (χ3v) is 4.99.